The van der Waals surface area contributed by atoms with Gasteiger partial charge in [0.15, 0.2) is 0 Å². The molecule has 0 bridgehead atoms. The van der Waals surface area contributed by atoms with Crippen molar-refractivity contribution < 1.29 is 24.5 Å². The van der Waals surface area contributed by atoms with Gasteiger partial charge in [0.1, 0.15) is 5.75 Å². The van der Waals surface area contributed by atoms with Crippen molar-refractivity contribution in [2.45, 2.75) is 19.8 Å². The normalized spacial score (nSPS) is 10.5. The Labute approximate surface area is 121 Å². The van der Waals surface area contributed by atoms with Crippen LogP contribution in [-0.4, -0.2) is 28.8 Å². The molecule has 0 aliphatic heterocycles. The number of ether oxygens (including phenoxy) is 1. The zero-order valence-electron chi connectivity index (χ0n) is 11.6. The molecule has 5 nitrogen and oxygen atoms in total. The van der Waals surface area contributed by atoms with Crippen molar-refractivity contribution in [3.63, 3.8) is 0 Å². The van der Waals surface area contributed by atoms with Gasteiger partial charge in [-0.25, -0.2) is 9.59 Å². The highest BCUT2D eigenvalue weighted by molar-refractivity contribution is 6.01. The first-order valence-electron chi connectivity index (χ1n) is 6.70. The van der Waals surface area contributed by atoms with E-state index in [1.165, 1.54) is 18.2 Å². The van der Waals surface area contributed by atoms with Crippen LogP contribution in [0.15, 0.2) is 30.3 Å². The Morgan fingerprint density at radius 3 is 2.52 bits per heavy atom. The summed E-state index contributed by atoms with van der Waals surface area (Å²) in [6, 6.07) is 7.25. The van der Waals surface area contributed by atoms with Gasteiger partial charge in [0.2, 0.25) is 0 Å². The summed E-state index contributed by atoms with van der Waals surface area (Å²) in [6.07, 6.45) is 1.73. The maximum Gasteiger partial charge on any atom is 0.338 e. The van der Waals surface area contributed by atoms with Crippen LogP contribution < -0.4 is 0 Å². The van der Waals surface area contributed by atoms with Crippen LogP contribution in [0.4, 0.5) is 0 Å². The van der Waals surface area contributed by atoms with E-state index in [0.29, 0.717) is 22.9 Å². The lowest BCUT2D eigenvalue weighted by Crippen LogP contribution is -2.06. The Hall–Kier alpha value is -2.56. The van der Waals surface area contributed by atoms with Crippen LogP contribution in [0.1, 0.15) is 40.5 Å². The van der Waals surface area contributed by atoms with Gasteiger partial charge in [0, 0.05) is 5.39 Å². The molecule has 0 amide bonds. The third-order valence-electron chi connectivity index (χ3n) is 3.14. The van der Waals surface area contributed by atoms with Gasteiger partial charge in [0.05, 0.1) is 17.7 Å². The summed E-state index contributed by atoms with van der Waals surface area (Å²) >= 11 is 0. The van der Waals surface area contributed by atoms with E-state index in [1.807, 2.05) is 6.92 Å². The van der Waals surface area contributed by atoms with Crippen molar-refractivity contribution >= 4 is 22.7 Å². The molecular formula is C16H16O5. The molecule has 0 aromatic heterocycles. The molecule has 0 fully saturated rings. The van der Waals surface area contributed by atoms with Crippen LogP contribution >= 0.6 is 0 Å². The van der Waals surface area contributed by atoms with Crippen LogP contribution in [0.2, 0.25) is 0 Å². The van der Waals surface area contributed by atoms with Gasteiger partial charge in [0.25, 0.3) is 0 Å². The number of aromatic hydroxyl groups is 1. The molecule has 110 valence electrons. The molecule has 0 aliphatic rings. The summed E-state index contributed by atoms with van der Waals surface area (Å²) in [5.41, 5.74) is 0.303. The Morgan fingerprint density at radius 2 is 1.86 bits per heavy atom. The van der Waals surface area contributed by atoms with Crippen LogP contribution in [0, 0.1) is 0 Å². The maximum atomic E-state index is 11.9. The smallest absolute Gasteiger partial charge is 0.338 e. The van der Waals surface area contributed by atoms with E-state index in [2.05, 4.69) is 0 Å². The monoisotopic (exact) mass is 288 g/mol. The van der Waals surface area contributed by atoms with E-state index in [9.17, 15) is 14.7 Å². The predicted molar refractivity (Wildman–Crippen MR) is 77.8 cm³/mol. The van der Waals surface area contributed by atoms with Crippen molar-refractivity contribution in [1.82, 2.24) is 0 Å². The molecule has 0 spiro atoms. The number of hydrogen-bond acceptors (Lipinski definition) is 4. The van der Waals surface area contributed by atoms with Gasteiger partial charge in [-0.3, -0.25) is 0 Å². The Balaban J connectivity index is 2.36. The molecule has 0 atom stereocenters. The highest BCUT2D eigenvalue weighted by atomic mass is 16.5. The molecule has 0 saturated carbocycles. The van der Waals surface area contributed by atoms with E-state index in [1.54, 1.807) is 12.1 Å². The molecule has 2 aromatic rings. The third kappa shape index (κ3) is 3.31. The number of hydrogen-bond donors (Lipinski definition) is 2. The molecule has 0 aliphatic carbocycles. The van der Waals surface area contributed by atoms with Gasteiger partial charge in [-0.2, -0.15) is 0 Å². The number of phenolic OH excluding ortho intramolecular Hbond substituents is 1. The maximum absolute atomic E-state index is 11.9. The highest BCUT2D eigenvalue weighted by Crippen LogP contribution is 2.27. The number of carbonyl (C=O) groups excluding carboxylic acids is 1. The largest absolute Gasteiger partial charge is 0.507 e. The Bertz CT molecular complexity index is 690. The van der Waals surface area contributed by atoms with Gasteiger partial charge in [-0.15, -0.1) is 0 Å². The number of carboxylic acids is 1. The lowest BCUT2D eigenvalue weighted by Gasteiger charge is -2.07. The fourth-order valence-corrected chi connectivity index (χ4v) is 1.99. The van der Waals surface area contributed by atoms with Gasteiger partial charge in [-0.05, 0) is 42.1 Å². The predicted octanol–water partition coefficient (Wildman–Crippen LogP) is 3.20. The first-order chi connectivity index (χ1) is 10.0. The number of esters is 1. The van der Waals surface area contributed by atoms with Crippen molar-refractivity contribution in [2.24, 2.45) is 0 Å². The molecule has 5 heteroatoms. The number of carboxylic acid groups (broad SMARTS) is 1. The Morgan fingerprint density at radius 1 is 1.14 bits per heavy atom. The van der Waals surface area contributed by atoms with Gasteiger partial charge < -0.3 is 14.9 Å². The van der Waals surface area contributed by atoms with Crippen molar-refractivity contribution in [3.05, 3.63) is 41.5 Å². The van der Waals surface area contributed by atoms with Crippen LogP contribution in [0.3, 0.4) is 0 Å². The fourth-order valence-electron chi connectivity index (χ4n) is 1.99. The topological polar surface area (TPSA) is 83.8 Å². The minimum atomic E-state index is -1.14. The second-order valence-corrected chi connectivity index (χ2v) is 4.73. The molecule has 0 unspecified atom stereocenters. The van der Waals surface area contributed by atoms with E-state index in [0.717, 1.165) is 12.8 Å². The number of benzene rings is 2. The van der Waals surface area contributed by atoms with Crippen LogP contribution in [0.5, 0.6) is 5.75 Å². The molecule has 2 rings (SSSR count). The summed E-state index contributed by atoms with van der Waals surface area (Å²) in [7, 11) is 0. The van der Waals surface area contributed by atoms with Crippen molar-refractivity contribution in [2.75, 3.05) is 6.61 Å². The summed E-state index contributed by atoms with van der Waals surface area (Å²) < 4.78 is 5.11. The quantitative estimate of drug-likeness (QED) is 0.652. The number of aromatic carboxylic acids is 1. The summed E-state index contributed by atoms with van der Waals surface area (Å²) in [5, 5.41) is 19.8. The van der Waals surface area contributed by atoms with Crippen molar-refractivity contribution in [1.29, 1.82) is 0 Å². The van der Waals surface area contributed by atoms with E-state index in [-0.39, 0.29) is 11.3 Å². The molecule has 0 saturated heterocycles. The molecule has 0 radical (unpaired) electrons. The average Bonchev–Trinajstić information content (AvgIpc) is 2.46. The van der Waals surface area contributed by atoms with Crippen LogP contribution in [-0.2, 0) is 4.74 Å². The second kappa shape index (κ2) is 6.26. The highest BCUT2D eigenvalue weighted by Gasteiger charge is 2.12. The zero-order valence-corrected chi connectivity index (χ0v) is 11.6. The number of rotatable bonds is 5. The summed E-state index contributed by atoms with van der Waals surface area (Å²) in [5.74, 6) is -1.72. The molecule has 2 N–H and O–H groups in total. The van der Waals surface area contributed by atoms with Crippen molar-refractivity contribution in [3.8, 4) is 5.75 Å². The second-order valence-electron chi connectivity index (χ2n) is 4.73. The van der Waals surface area contributed by atoms with Crippen LogP contribution in [0.25, 0.3) is 10.8 Å². The van der Waals surface area contributed by atoms with Gasteiger partial charge in [-0.1, -0.05) is 13.3 Å². The number of fused-ring (bicyclic) bond motifs is 1. The van der Waals surface area contributed by atoms with Gasteiger partial charge >= 0.3 is 11.9 Å². The lowest BCUT2D eigenvalue weighted by atomic mass is 10.0. The lowest BCUT2D eigenvalue weighted by molar-refractivity contribution is 0.0499. The minimum Gasteiger partial charge on any atom is -0.507 e. The molecule has 0 heterocycles. The third-order valence-corrected chi connectivity index (χ3v) is 3.14. The minimum absolute atomic E-state index is 0.0310. The summed E-state index contributed by atoms with van der Waals surface area (Å²) in [6.45, 7) is 2.36. The van der Waals surface area contributed by atoms with E-state index < -0.39 is 11.9 Å². The first-order valence-corrected chi connectivity index (χ1v) is 6.70. The Kier molecular flexibility index (Phi) is 4.42. The zero-order chi connectivity index (χ0) is 15.4. The number of phenols is 1. The standard InChI is InChI=1S/C16H16O5/c1-2-3-6-21-16(20)10-4-5-13-11(7-10)8-12(15(18)19)9-14(13)17/h4-5,7-9,17H,2-3,6H2,1H3,(H,18,19). The van der Waals surface area contributed by atoms with E-state index >= 15 is 0 Å². The molecular weight excluding hydrogens is 272 g/mol. The molecule has 21 heavy (non-hydrogen) atoms. The number of unbranched alkanes of at least 4 members (excludes halogenated alkanes) is 1. The average molecular weight is 288 g/mol. The number of carbonyl (C=O) groups is 2. The first kappa shape index (κ1) is 14.8. The van der Waals surface area contributed by atoms with E-state index in [4.69, 9.17) is 9.84 Å². The summed E-state index contributed by atoms with van der Waals surface area (Å²) in [4.78, 5) is 22.9. The fraction of sp³-hybridized carbons (Fsp3) is 0.250. The molecule has 2 aromatic carbocycles. The SMILES string of the molecule is CCCCOC(=O)c1ccc2c(O)cc(C(=O)O)cc2c1.